The van der Waals surface area contributed by atoms with E-state index in [1.165, 1.54) is 24.1 Å². The lowest BCUT2D eigenvalue weighted by Gasteiger charge is -2.17. The van der Waals surface area contributed by atoms with E-state index >= 15 is 0 Å². The largest absolute Gasteiger partial charge is 0.507 e. The van der Waals surface area contributed by atoms with Gasteiger partial charge in [-0.3, -0.25) is 9.48 Å². The van der Waals surface area contributed by atoms with E-state index in [9.17, 15) is 14.3 Å². The highest BCUT2D eigenvalue weighted by molar-refractivity contribution is 5.96. The number of rotatable bonds is 4. The Morgan fingerprint density at radius 2 is 2.33 bits per heavy atom. The van der Waals surface area contributed by atoms with E-state index in [0.29, 0.717) is 6.54 Å². The van der Waals surface area contributed by atoms with Crippen molar-refractivity contribution in [3.05, 3.63) is 47.5 Å². The summed E-state index contributed by atoms with van der Waals surface area (Å²) in [6, 6.07) is 3.74. The van der Waals surface area contributed by atoms with Gasteiger partial charge in [0.2, 0.25) is 0 Å². The Morgan fingerprint density at radius 1 is 1.57 bits per heavy atom. The van der Waals surface area contributed by atoms with Crippen molar-refractivity contribution in [3.8, 4) is 18.1 Å². The SMILES string of the molecule is C#CCn1cc(CN(C)C(=O)c2c(O)cccc2F)cn1. The summed E-state index contributed by atoms with van der Waals surface area (Å²) in [5.74, 6) is 0.715. The normalized spacial score (nSPS) is 10.1. The number of nitrogens with zero attached hydrogens (tertiary/aromatic N) is 3. The van der Waals surface area contributed by atoms with Gasteiger partial charge in [-0.25, -0.2) is 4.39 Å². The van der Waals surface area contributed by atoms with Gasteiger partial charge in [0, 0.05) is 25.4 Å². The van der Waals surface area contributed by atoms with Crippen molar-refractivity contribution in [2.24, 2.45) is 0 Å². The van der Waals surface area contributed by atoms with Crippen LogP contribution in [-0.4, -0.2) is 32.7 Å². The molecule has 0 atom stereocenters. The first-order chi connectivity index (χ1) is 10.0. The van der Waals surface area contributed by atoms with Crippen LogP contribution in [0.25, 0.3) is 0 Å². The summed E-state index contributed by atoms with van der Waals surface area (Å²) in [7, 11) is 1.52. The van der Waals surface area contributed by atoms with Gasteiger partial charge in [0.1, 0.15) is 23.7 Å². The fourth-order valence-electron chi connectivity index (χ4n) is 1.93. The summed E-state index contributed by atoms with van der Waals surface area (Å²) in [6.07, 6.45) is 8.48. The molecule has 0 unspecified atom stereocenters. The molecule has 1 N–H and O–H groups in total. The van der Waals surface area contributed by atoms with Crippen LogP contribution in [0.3, 0.4) is 0 Å². The average molecular weight is 287 g/mol. The van der Waals surface area contributed by atoms with E-state index in [0.717, 1.165) is 11.6 Å². The van der Waals surface area contributed by atoms with Crippen molar-refractivity contribution in [1.82, 2.24) is 14.7 Å². The van der Waals surface area contributed by atoms with Gasteiger partial charge in [0.25, 0.3) is 5.91 Å². The lowest BCUT2D eigenvalue weighted by molar-refractivity contribution is 0.0777. The minimum absolute atomic E-state index is 0.233. The molecular weight excluding hydrogens is 273 g/mol. The highest BCUT2D eigenvalue weighted by Gasteiger charge is 2.20. The second kappa shape index (κ2) is 6.09. The van der Waals surface area contributed by atoms with Gasteiger partial charge >= 0.3 is 0 Å². The zero-order chi connectivity index (χ0) is 15.4. The first-order valence-electron chi connectivity index (χ1n) is 6.20. The summed E-state index contributed by atoms with van der Waals surface area (Å²) in [5, 5.41) is 13.7. The number of halogens is 1. The zero-order valence-corrected chi connectivity index (χ0v) is 11.5. The number of terminal acetylenes is 1. The molecule has 5 nitrogen and oxygen atoms in total. The van der Waals surface area contributed by atoms with E-state index in [2.05, 4.69) is 11.0 Å². The molecule has 0 saturated carbocycles. The minimum Gasteiger partial charge on any atom is -0.507 e. The molecule has 0 radical (unpaired) electrons. The van der Waals surface area contributed by atoms with Crippen molar-refractivity contribution >= 4 is 5.91 Å². The number of hydrogen-bond acceptors (Lipinski definition) is 3. The van der Waals surface area contributed by atoms with Crippen LogP contribution in [-0.2, 0) is 13.1 Å². The highest BCUT2D eigenvalue weighted by Crippen LogP contribution is 2.21. The number of phenols is 1. The molecule has 21 heavy (non-hydrogen) atoms. The van der Waals surface area contributed by atoms with Crippen LogP contribution in [0.5, 0.6) is 5.75 Å². The number of aromatic nitrogens is 2. The molecule has 108 valence electrons. The molecule has 1 heterocycles. The second-order valence-corrected chi connectivity index (χ2v) is 4.55. The van der Waals surface area contributed by atoms with Crippen molar-refractivity contribution in [3.63, 3.8) is 0 Å². The van der Waals surface area contributed by atoms with Gasteiger partial charge in [0.05, 0.1) is 6.20 Å². The third-order valence-corrected chi connectivity index (χ3v) is 2.91. The highest BCUT2D eigenvalue weighted by atomic mass is 19.1. The van der Waals surface area contributed by atoms with E-state index in [1.807, 2.05) is 0 Å². The molecular formula is C15H14FN3O2. The molecule has 1 aromatic carbocycles. The van der Waals surface area contributed by atoms with Crippen LogP contribution >= 0.6 is 0 Å². The molecule has 0 spiro atoms. The standard InChI is InChI=1S/C15H14FN3O2/c1-3-7-19-10-11(8-17-19)9-18(2)15(21)14-12(16)5-4-6-13(14)20/h1,4-6,8,10,20H,7,9H2,2H3. The van der Waals surface area contributed by atoms with Crippen LogP contribution in [0.15, 0.2) is 30.6 Å². The molecule has 0 saturated heterocycles. The maximum atomic E-state index is 13.7. The third kappa shape index (κ3) is 3.20. The third-order valence-electron chi connectivity index (χ3n) is 2.91. The summed E-state index contributed by atoms with van der Waals surface area (Å²) in [5.41, 5.74) is 0.424. The topological polar surface area (TPSA) is 58.4 Å². The van der Waals surface area contributed by atoms with Crippen LogP contribution in [0.4, 0.5) is 4.39 Å². The lowest BCUT2D eigenvalue weighted by atomic mass is 10.1. The number of phenolic OH excluding ortho intramolecular Hbond substituents is 1. The Morgan fingerprint density at radius 3 is 3.00 bits per heavy atom. The Balaban J connectivity index is 2.14. The Hall–Kier alpha value is -2.81. The van der Waals surface area contributed by atoms with Crippen LogP contribution in [0, 0.1) is 18.2 Å². The van der Waals surface area contributed by atoms with Crippen molar-refractivity contribution in [2.45, 2.75) is 13.1 Å². The quantitative estimate of drug-likeness (QED) is 0.870. The van der Waals surface area contributed by atoms with Crippen molar-refractivity contribution < 1.29 is 14.3 Å². The summed E-state index contributed by atoms with van der Waals surface area (Å²) in [6.45, 7) is 0.572. The monoisotopic (exact) mass is 287 g/mol. The number of carbonyl (C=O) groups excluding carboxylic acids is 1. The fourth-order valence-corrected chi connectivity index (χ4v) is 1.93. The van der Waals surface area contributed by atoms with Gasteiger partial charge in [0.15, 0.2) is 0 Å². The van der Waals surface area contributed by atoms with E-state index < -0.39 is 11.7 Å². The fraction of sp³-hybridized carbons (Fsp3) is 0.200. The van der Waals surface area contributed by atoms with Gasteiger partial charge in [-0.2, -0.15) is 5.10 Å². The van der Waals surface area contributed by atoms with Gasteiger partial charge in [-0.15, -0.1) is 6.42 Å². The number of aromatic hydroxyl groups is 1. The van der Waals surface area contributed by atoms with Crippen molar-refractivity contribution in [2.75, 3.05) is 7.05 Å². The van der Waals surface area contributed by atoms with E-state index in [-0.39, 0.29) is 17.9 Å². The summed E-state index contributed by atoms with van der Waals surface area (Å²) >= 11 is 0. The van der Waals surface area contributed by atoms with Crippen LogP contribution < -0.4 is 0 Å². The number of carbonyl (C=O) groups is 1. The maximum absolute atomic E-state index is 13.7. The first kappa shape index (κ1) is 14.6. The molecule has 1 amide bonds. The second-order valence-electron chi connectivity index (χ2n) is 4.55. The predicted octanol–water partition coefficient (Wildman–Crippen LogP) is 1.63. The molecule has 0 aliphatic heterocycles. The average Bonchev–Trinajstić information content (AvgIpc) is 2.86. The van der Waals surface area contributed by atoms with Crippen LogP contribution in [0.1, 0.15) is 15.9 Å². The molecule has 2 aromatic rings. The van der Waals surface area contributed by atoms with Gasteiger partial charge in [-0.05, 0) is 12.1 Å². The maximum Gasteiger partial charge on any atom is 0.260 e. The molecule has 0 fully saturated rings. The summed E-state index contributed by atoms with van der Waals surface area (Å²) < 4.78 is 15.2. The van der Waals surface area contributed by atoms with E-state index in [4.69, 9.17) is 6.42 Å². The number of hydrogen-bond donors (Lipinski definition) is 1. The Bertz CT molecular complexity index is 683. The Kier molecular flexibility index (Phi) is 4.24. The number of amides is 1. The molecule has 0 aliphatic rings. The minimum atomic E-state index is -0.755. The zero-order valence-electron chi connectivity index (χ0n) is 11.5. The summed E-state index contributed by atoms with van der Waals surface area (Å²) in [4.78, 5) is 13.5. The van der Waals surface area contributed by atoms with Crippen LogP contribution in [0.2, 0.25) is 0 Å². The molecule has 6 heteroatoms. The smallest absolute Gasteiger partial charge is 0.260 e. The molecule has 0 aliphatic carbocycles. The number of benzene rings is 1. The predicted molar refractivity (Wildman–Crippen MR) is 74.9 cm³/mol. The van der Waals surface area contributed by atoms with Gasteiger partial charge in [-0.1, -0.05) is 12.0 Å². The van der Waals surface area contributed by atoms with Crippen molar-refractivity contribution in [1.29, 1.82) is 0 Å². The molecule has 0 bridgehead atoms. The molecule has 2 rings (SSSR count). The molecule has 1 aromatic heterocycles. The van der Waals surface area contributed by atoms with E-state index in [1.54, 1.807) is 17.1 Å². The lowest BCUT2D eigenvalue weighted by Crippen LogP contribution is -2.27. The first-order valence-corrected chi connectivity index (χ1v) is 6.20. The Labute approximate surface area is 121 Å². The van der Waals surface area contributed by atoms with Gasteiger partial charge < -0.3 is 10.0 Å².